The summed E-state index contributed by atoms with van der Waals surface area (Å²) in [4.78, 5) is 0. The summed E-state index contributed by atoms with van der Waals surface area (Å²) in [6.07, 6.45) is -11.3. The van der Waals surface area contributed by atoms with Crippen LogP contribution in [0, 0.1) is 79.3 Å². The largest absolute Gasteiger partial charge is 0.418 e. The Balaban J connectivity index is 3.55. The van der Waals surface area contributed by atoms with E-state index in [-0.39, 0.29) is 11.3 Å². The molecule has 7 nitrogen and oxygen atoms in total. The van der Waals surface area contributed by atoms with Crippen LogP contribution < -0.4 is 10.4 Å². The highest BCUT2D eigenvalue weighted by Gasteiger charge is 2.45. The van der Waals surface area contributed by atoms with Crippen LogP contribution in [0.2, 0.25) is 0 Å². The summed E-state index contributed by atoms with van der Waals surface area (Å²) in [5, 5.41) is 63.8. The molecular weight excluding hydrogens is 488 g/mol. The Morgan fingerprint density at radius 1 is 0.611 bits per heavy atom. The van der Waals surface area contributed by atoms with Crippen molar-refractivity contribution in [3.8, 4) is 42.5 Å². The minimum absolute atomic E-state index is 0.0375. The number of nitrogens with zero attached hydrogens (tertiary/aromatic N) is 7. The molecule has 0 amide bonds. The molecule has 0 aromatic heterocycles. The first-order valence-electron chi connectivity index (χ1n) is 8.93. The zero-order valence-electron chi connectivity index (χ0n) is 17.1. The number of halogens is 6. The van der Waals surface area contributed by atoms with Crippen molar-refractivity contribution in [3.63, 3.8) is 0 Å². The van der Waals surface area contributed by atoms with Crippen LogP contribution in [0.4, 0.5) is 26.3 Å². The predicted molar refractivity (Wildman–Crippen MR) is 104 cm³/mol. The molecular formula is C23H3F6N7. The predicted octanol–water partition coefficient (Wildman–Crippen LogP) is 3.13. The van der Waals surface area contributed by atoms with Crippen molar-refractivity contribution < 1.29 is 26.3 Å². The van der Waals surface area contributed by atoms with Gasteiger partial charge in [0.2, 0.25) is 0 Å². The number of nitriles is 7. The molecule has 0 unspecified atom stereocenters. The van der Waals surface area contributed by atoms with Gasteiger partial charge in [0.05, 0.1) is 51.1 Å². The van der Waals surface area contributed by atoms with Crippen LogP contribution in [0.15, 0.2) is 18.2 Å². The van der Waals surface area contributed by atoms with Gasteiger partial charge in [-0.3, -0.25) is 0 Å². The van der Waals surface area contributed by atoms with E-state index in [0.29, 0.717) is 0 Å². The first-order chi connectivity index (χ1) is 16.8. The molecule has 2 rings (SSSR count). The van der Waals surface area contributed by atoms with Crippen molar-refractivity contribution in [1.29, 1.82) is 36.8 Å². The summed E-state index contributed by atoms with van der Waals surface area (Å²) in [6.45, 7) is 0. The molecule has 0 saturated heterocycles. The molecule has 0 fully saturated rings. The molecule has 2 aromatic rings. The molecule has 0 aliphatic heterocycles. The van der Waals surface area contributed by atoms with Gasteiger partial charge in [-0.05, 0) is 18.2 Å². The fraction of sp³-hybridized carbons (Fsp3) is 0.0870. The first-order valence-corrected chi connectivity index (χ1v) is 8.93. The number of rotatable bonds is 1. The fourth-order valence-corrected chi connectivity index (χ4v) is 3.28. The van der Waals surface area contributed by atoms with Crippen molar-refractivity contribution in [2.45, 2.75) is 12.4 Å². The first kappa shape index (κ1) is 26.4. The molecule has 0 bridgehead atoms. The van der Waals surface area contributed by atoms with E-state index in [1.54, 1.807) is 0 Å². The Morgan fingerprint density at radius 3 is 1.44 bits per heavy atom. The molecule has 0 N–H and O–H groups in total. The minimum Gasteiger partial charge on any atom is -0.192 e. The number of benzene rings is 2. The fourth-order valence-electron chi connectivity index (χ4n) is 3.28. The summed E-state index contributed by atoms with van der Waals surface area (Å²) in [5.41, 5.74) is -12.7. The minimum atomic E-state index is -5.70. The van der Waals surface area contributed by atoms with E-state index in [9.17, 15) is 47.4 Å². The quantitative estimate of drug-likeness (QED) is 0.552. The van der Waals surface area contributed by atoms with E-state index in [4.69, 9.17) is 15.8 Å². The maximum Gasteiger partial charge on any atom is 0.418 e. The van der Waals surface area contributed by atoms with Crippen LogP contribution in [-0.2, 0) is 12.4 Å². The SMILES string of the molecule is N#CC(C#N)=c1cc(C#N)c(=C(C#N)c2c(C(F)(F)F)cc(C#N)c(C#N)c2C(F)(F)F)c(C#N)c1. The Bertz CT molecular complexity index is 1670. The third-order valence-corrected chi connectivity index (χ3v) is 4.65. The summed E-state index contributed by atoms with van der Waals surface area (Å²) < 4.78 is 83.9. The van der Waals surface area contributed by atoms with Gasteiger partial charge in [0.25, 0.3) is 0 Å². The van der Waals surface area contributed by atoms with Gasteiger partial charge in [0.15, 0.2) is 0 Å². The van der Waals surface area contributed by atoms with Crippen molar-refractivity contribution in [2.75, 3.05) is 0 Å². The summed E-state index contributed by atoms with van der Waals surface area (Å²) in [7, 11) is 0. The molecule has 36 heavy (non-hydrogen) atoms. The Hall–Kier alpha value is -5.81. The molecule has 0 aliphatic carbocycles. The number of hydrogen-bond acceptors (Lipinski definition) is 7. The zero-order valence-corrected chi connectivity index (χ0v) is 17.1. The average molecular weight is 491 g/mol. The lowest BCUT2D eigenvalue weighted by atomic mass is 9.85. The van der Waals surface area contributed by atoms with E-state index in [2.05, 4.69) is 0 Å². The molecule has 2 aromatic carbocycles. The van der Waals surface area contributed by atoms with Crippen LogP contribution in [-0.4, -0.2) is 0 Å². The Morgan fingerprint density at radius 2 is 1.11 bits per heavy atom. The highest BCUT2D eigenvalue weighted by atomic mass is 19.4. The van der Waals surface area contributed by atoms with Gasteiger partial charge in [-0.2, -0.15) is 63.2 Å². The van der Waals surface area contributed by atoms with Crippen molar-refractivity contribution >= 4 is 11.1 Å². The zero-order chi connectivity index (χ0) is 27.4. The topological polar surface area (TPSA) is 167 Å². The number of hydrogen-bond donors (Lipinski definition) is 0. The average Bonchev–Trinajstić information content (AvgIpc) is 2.83. The van der Waals surface area contributed by atoms with Gasteiger partial charge in [-0.15, -0.1) is 0 Å². The van der Waals surface area contributed by atoms with Crippen LogP contribution in [0.1, 0.15) is 38.9 Å². The molecule has 0 atom stereocenters. The molecule has 172 valence electrons. The second kappa shape index (κ2) is 9.59. The van der Waals surface area contributed by atoms with Gasteiger partial charge in [0, 0.05) is 16.0 Å². The highest BCUT2D eigenvalue weighted by Crippen LogP contribution is 2.44. The lowest BCUT2D eigenvalue weighted by Crippen LogP contribution is -2.26. The van der Waals surface area contributed by atoms with E-state index in [1.807, 2.05) is 0 Å². The Labute approximate surface area is 197 Å². The van der Waals surface area contributed by atoms with Gasteiger partial charge in [-0.1, -0.05) is 0 Å². The van der Waals surface area contributed by atoms with Crippen LogP contribution >= 0.6 is 0 Å². The number of alkyl halides is 6. The normalized spacial score (nSPS) is 10.3. The molecule has 0 aliphatic rings. The molecule has 0 radical (unpaired) electrons. The lowest BCUT2D eigenvalue weighted by molar-refractivity contribution is -0.143. The lowest BCUT2D eigenvalue weighted by Gasteiger charge is -2.21. The highest BCUT2D eigenvalue weighted by molar-refractivity contribution is 5.85. The van der Waals surface area contributed by atoms with E-state index in [1.165, 1.54) is 24.3 Å². The summed E-state index contributed by atoms with van der Waals surface area (Å²) >= 11 is 0. The standard InChI is InChI=1S/C23H3F6N7/c24-22(25,26)18-3-12(4-30)16(9-35)21(23(27,28)29)20(18)17(10-36)19-13(5-31)1-11(2-14(19)6-32)15(7-33)8-34/h1-3H. The van der Waals surface area contributed by atoms with Crippen LogP contribution in [0.5, 0.6) is 0 Å². The molecule has 13 heteroatoms. The van der Waals surface area contributed by atoms with Gasteiger partial charge in [-0.25, -0.2) is 0 Å². The van der Waals surface area contributed by atoms with Crippen LogP contribution in [0.25, 0.3) is 11.1 Å². The molecule has 0 heterocycles. The molecule has 0 spiro atoms. The third kappa shape index (κ3) is 4.48. The monoisotopic (exact) mass is 491 g/mol. The second-order valence-electron chi connectivity index (χ2n) is 6.57. The maximum atomic E-state index is 14.1. The Kier molecular flexibility index (Phi) is 7.04. The van der Waals surface area contributed by atoms with E-state index in [0.717, 1.165) is 30.3 Å². The second-order valence-corrected chi connectivity index (χ2v) is 6.57. The molecule has 0 saturated carbocycles. The van der Waals surface area contributed by atoms with E-state index >= 15 is 0 Å². The summed E-state index contributed by atoms with van der Waals surface area (Å²) in [5.74, 6) is 0. The van der Waals surface area contributed by atoms with Gasteiger partial charge < -0.3 is 0 Å². The van der Waals surface area contributed by atoms with Gasteiger partial charge >= 0.3 is 12.4 Å². The van der Waals surface area contributed by atoms with Crippen molar-refractivity contribution in [2.24, 2.45) is 0 Å². The van der Waals surface area contributed by atoms with Crippen molar-refractivity contribution in [3.05, 3.63) is 67.6 Å². The summed E-state index contributed by atoms with van der Waals surface area (Å²) in [6, 6.07) is 10.5. The smallest absolute Gasteiger partial charge is 0.192 e. The third-order valence-electron chi connectivity index (χ3n) is 4.65. The van der Waals surface area contributed by atoms with Crippen LogP contribution in [0.3, 0.4) is 0 Å². The maximum absolute atomic E-state index is 14.1. The van der Waals surface area contributed by atoms with Gasteiger partial charge in [0.1, 0.15) is 35.9 Å². The van der Waals surface area contributed by atoms with E-state index < -0.39 is 67.7 Å². The van der Waals surface area contributed by atoms with Crippen molar-refractivity contribution in [1.82, 2.24) is 0 Å².